The van der Waals surface area contributed by atoms with E-state index in [1.165, 1.54) is 4.88 Å². The summed E-state index contributed by atoms with van der Waals surface area (Å²) in [5.41, 5.74) is 0. The summed E-state index contributed by atoms with van der Waals surface area (Å²) in [5.74, 6) is 1.37. The van der Waals surface area contributed by atoms with Gasteiger partial charge in [0, 0.05) is 17.3 Å². The second kappa shape index (κ2) is 4.76. The normalized spacial score (nSPS) is 12.9. The zero-order valence-corrected chi connectivity index (χ0v) is 10.5. The highest BCUT2D eigenvalue weighted by atomic mass is 32.1. The van der Waals surface area contributed by atoms with Gasteiger partial charge < -0.3 is 9.84 Å². The lowest BCUT2D eigenvalue weighted by Crippen LogP contribution is -2.23. The molecule has 2 rings (SSSR count). The highest BCUT2D eigenvalue weighted by molar-refractivity contribution is 7.15. The SMILES string of the molecule is CNC(C)Cc1nc(-c2ccc(C)s2)no1. The van der Waals surface area contributed by atoms with Crippen molar-refractivity contribution in [1.82, 2.24) is 15.5 Å². The Bertz CT molecular complexity index is 463. The lowest BCUT2D eigenvalue weighted by atomic mass is 10.2. The van der Waals surface area contributed by atoms with Crippen molar-refractivity contribution >= 4 is 11.3 Å². The zero-order valence-electron chi connectivity index (χ0n) is 9.65. The Morgan fingerprint density at radius 1 is 1.50 bits per heavy atom. The van der Waals surface area contributed by atoms with Gasteiger partial charge in [0.1, 0.15) is 0 Å². The Morgan fingerprint density at radius 3 is 2.94 bits per heavy atom. The molecule has 0 aliphatic carbocycles. The molecule has 1 N–H and O–H groups in total. The fraction of sp³-hybridized carbons (Fsp3) is 0.455. The number of rotatable bonds is 4. The Kier molecular flexibility index (Phi) is 3.36. The number of aromatic nitrogens is 2. The number of nitrogens with one attached hydrogen (secondary N) is 1. The van der Waals surface area contributed by atoms with Crippen LogP contribution in [0.25, 0.3) is 10.7 Å². The van der Waals surface area contributed by atoms with Crippen LogP contribution < -0.4 is 5.32 Å². The third kappa shape index (κ3) is 2.48. The van der Waals surface area contributed by atoms with Crippen molar-refractivity contribution in [3.8, 4) is 10.7 Å². The van der Waals surface area contributed by atoms with E-state index >= 15 is 0 Å². The van der Waals surface area contributed by atoms with Gasteiger partial charge in [-0.1, -0.05) is 5.16 Å². The van der Waals surface area contributed by atoms with Crippen LogP contribution in [0.3, 0.4) is 0 Å². The van der Waals surface area contributed by atoms with Gasteiger partial charge in [-0.2, -0.15) is 4.98 Å². The lowest BCUT2D eigenvalue weighted by Gasteiger charge is -2.04. The van der Waals surface area contributed by atoms with Crippen LogP contribution in [0.4, 0.5) is 0 Å². The number of hydrogen-bond donors (Lipinski definition) is 1. The summed E-state index contributed by atoms with van der Waals surface area (Å²) in [6.07, 6.45) is 0.758. The average Bonchev–Trinajstić information content (AvgIpc) is 2.87. The predicted molar refractivity (Wildman–Crippen MR) is 64.6 cm³/mol. The third-order valence-corrected chi connectivity index (χ3v) is 3.40. The van der Waals surface area contributed by atoms with Crippen LogP contribution in [-0.4, -0.2) is 23.2 Å². The first-order valence-corrected chi connectivity index (χ1v) is 6.07. The first-order chi connectivity index (χ1) is 7.69. The Balaban J connectivity index is 2.13. The number of aryl methyl sites for hydroxylation is 1. The molecule has 0 bridgehead atoms. The van der Waals surface area contributed by atoms with Gasteiger partial charge in [0.05, 0.1) is 4.88 Å². The van der Waals surface area contributed by atoms with Crippen LogP contribution in [0.5, 0.6) is 0 Å². The van der Waals surface area contributed by atoms with Crippen molar-refractivity contribution in [2.24, 2.45) is 0 Å². The van der Waals surface area contributed by atoms with E-state index in [4.69, 9.17) is 4.52 Å². The molecule has 2 aromatic heterocycles. The minimum atomic E-state index is 0.346. The average molecular weight is 237 g/mol. The number of nitrogens with zero attached hydrogens (tertiary/aromatic N) is 2. The Hall–Kier alpha value is -1.20. The van der Waals surface area contributed by atoms with Gasteiger partial charge in [-0.25, -0.2) is 0 Å². The second-order valence-electron chi connectivity index (χ2n) is 3.82. The highest BCUT2D eigenvalue weighted by Crippen LogP contribution is 2.25. The maximum atomic E-state index is 5.21. The first kappa shape index (κ1) is 11.3. The van der Waals surface area contributed by atoms with Gasteiger partial charge in [-0.15, -0.1) is 11.3 Å². The number of hydrogen-bond acceptors (Lipinski definition) is 5. The molecule has 0 aromatic carbocycles. The molecule has 2 heterocycles. The molecule has 0 amide bonds. The van der Waals surface area contributed by atoms with Crippen LogP contribution in [0.1, 0.15) is 17.7 Å². The lowest BCUT2D eigenvalue weighted by molar-refractivity contribution is 0.365. The van der Waals surface area contributed by atoms with Gasteiger partial charge >= 0.3 is 0 Å². The van der Waals surface area contributed by atoms with Gasteiger partial charge in [0.15, 0.2) is 0 Å². The van der Waals surface area contributed by atoms with Crippen molar-refractivity contribution in [1.29, 1.82) is 0 Å². The fourth-order valence-corrected chi connectivity index (χ4v) is 2.15. The summed E-state index contributed by atoms with van der Waals surface area (Å²) in [7, 11) is 1.92. The van der Waals surface area contributed by atoms with E-state index in [0.29, 0.717) is 17.8 Å². The number of thiophene rings is 1. The van der Waals surface area contributed by atoms with Gasteiger partial charge in [0.25, 0.3) is 0 Å². The van der Waals surface area contributed by atoms with E-state index in [1.54, 1.807) is 11.3 Å². The summed E-state index contributed by atoms with van der Waals surface area (Å²) in [6, 6.07) is 4.43. The van der Waals surface area contributed by atoms with Crippen molar-refractivity contribution in [2.45, 2.75) is 26.3 Å². The van der Waals surface area contributed by atoms with Crippen LogP contribution in [0.2, 0.25) is 0 Å². The molecule has 1 atom stereocenters. The van der Waals surface area contributed by atoms with Gasteiger partial charge in [-0.3, -0.25) is 0 Å². The van der Waals surface area contributed by atoms with E-state index in [0.717, 1.165) is 11.3 Å². The van der Waals surface area contributed by atoms with Crippen molar-refractivity contribution < 1.29 is 4.52 Å². The highest BCUT2D eigenvalue weighted by Gasteiger charge is 2.12. The summed E-state index contributed by atoms with van der Waals surface area (Å²) >= 11 is 1.68. The predicted octanol–water partition coefficient (Wildman–Crippen LogP) is 2.26. The molecular formula is C11H15N3OS. The molecule has 0 saturated heterocycles. The fourth-order valence-electron chi connectivity index (χ4n) is 1.36. The topological polar surface area (TPSA) is 51.0 Å². The Labute approximate surface area is 98.7 Å². The molecule has 4 nitrogen and oxygen atoms in total. The molecular weight excluding hydrogens is 222 g/mol. The van der Waals surface area contributed by atoms with Crippen LogP contribution >= 0.6 is 11.3 Å². The van der Waals surface area contributed by atoms with Crippen molar-refractivity contribution in [3.63, 3.8) is 0 Å². The van der Waals surface area contributed by atoms with Crippen LogP contribution in [0.15, 0.2) is 16.7 Å². The molecule has 0 aliphatic rings. The monoisotopic (exact) mass is 237 g/mol. The van der Waals surface area contributed by atoms with Crippen molar-refractivity contribution in [2.75, 3.05) is 7.05 Å². The van der Waals surface area contributed by atoms with E-state index in [9.17, 15) is 0 Å². The number of likely N-dealkylation sites (N-methyl/N-ethyl adjacent to an activating group) is 1. The standard InChI is InChI=1S/C11H15N3OS/c1-7(12-3)6-10-13-11(14-15-10)9-5-4-8(2)16-9/h4-5,7,12H,6H2,1-3H3. The molecule has 1 unspecified atom stereocenters. The van der Waals surface area contributed by atoms with E-state index in [-0.39, 0.29) is 0 Å². The molecule has 0 fully saturated rings. The van der Waals surface area contributed by atoms with E-state index in [2.05, 4.69) is 35.4 Å². The maximum absolute atomic E-state index is 5.21. The minimum Gasteiger partial charge on any atom is -0.339 e. The van der Waals surface area contributed by atoms with Gasteiger partial charge in [0.2, 0.25) is 11.7 Å². The summed E-state index contributed by atoms with van der Waals surface area (Å²) in [5, 5.41) is 7.13. The zero-order chi connectivity index (χ0) is 11.5. The molecule has 0 saturated carbocycles. The molecule has 86 valence electrons. The first-order valence-electron chi connectivity index (χ1n) is 5.25. The minimum absolute atomic E-state index is 0.346. The van der Waals surface area contributed by atoms with E-state index < -0.39 is 0 Å². The van der Waals surface area contributed by atoms with Crippen molar-refractivity contribution in [3.05, 3.63) is 22.9 Å². The van der Waals surface area contributed by atoms with Gasteiger partial charge in [-0.05, 0) is 33.0 Å². The summed E-state index contributed by atoms with van der Waals surface area (Å²) < 4.78 is 5.21. The summed E-state index contributed by atoms with van der Waals surface area (Å²) in [6.45, 7) is 4.15. The molecule has 2 aromatic rings. The quantitative estimate of drug-likeness (QED) is 0.886. The van der Waals surface area contributed by atoms with Crippen LogP contribution in [-0.2, 0) is 6.42 Å². The molecule has 0 radical (unpaired) electrons. The molecule has 5 heteroatoms. The molecule has 0 aliphatic heterocycles. The largest absolute Gasteiger partial charge is 0.339 e. The molecule has 16 heavy (non-hydrogen) atoms. The van der Waals surface area contributed by atoms with E-state index in [1.807, 2.05) is 13.1 Å². The van der Waals surface area contributed by atoms with Crippen LogP contribution in [0, 0.1) is 6.92 Å². The smallest absolute Gasteiger partial charge is 0.228 e. The Morgan fingerprint density at radius 2 is 2.31 bits per heavy atom. The maximum Gasteiger partial charge on any atom is 0.228 e. The second-order valence-corrected chi connectivity index (χ2v) is 5.10. The molecule has 0 spiro atoms. The summed E-state index contributed by atoms with van der Waals surface area (Å²) in [4.78, 5) is 6.69. The third-order valence-electron chi connectivity index (χ3n) is 2.40.